The van der Waals surface area contributed by atoms with E-state index < -0.39 is 48.4 Å². The van der Waals surface area contributed by atoms with E-state index in [2.05, 4.69) is 24.0 Å². The number of phosphoric acid groups is 3. The number of nitrogens with zero attached hydrogens (tertiary/aromatic N) is 3. The Kier molecular flexibility index (Phi) is 16.1. The first-order chi connectivity index (χ1) is 20.5. The van der Waals surface area contributed by atoms with Crippen LogP contribution in [-0.2, 0) is 41.1 Å². The highest BCUT2D eigenvalue weighted by Gasteiger charge is 2.43. The molecular formula is C22H35N4O13P3S2. The molecule has 1 amide bonds. The van der Waals surface area contributed by atoms with Gasteiger partial charge in [-0.3, -0.25) is 9.32 Å². The number of allylic oxidation sites excluding steroid dienone is 6. The van der Waals surface area contributed by atoms with Crippen LogP contribution >= 0.6 is 45.1 Å². The maximum absolute atomic E-state index is 12.3. The summed E-state index contributed by atoms with van der Waals surface area (Å²) in [4.78, 5) is 51.4. The van der Waals surface area contributed by atoms with Crippen molar-refractivity contribution in [3.05, 3.63) is 58.5 Å². The van der Waals surface area contributed by atoms with Crippen LogP contribution in [0.3, 0.4) is 0 Å². The van der Waals surface area contributed by atoms with E-state index in [0.29, 0.717) is 19.4 Å². The average Bonchev–Trinajstić information content (AvgIpc) is 3.27. The van der Waals surface area contributed by atoms with Gasteiger partial charge in [0.05, 0.1) is 18.8 Å². The fraction of sp³-hybridized carbons (Fsp3) is 0.591. The van der Waals surface area contributed by atoms with E-state index in [1.807, 2.05) is 56.4 Å². The molecule has 17 nitrogen and oxygen atoms in total. The second-order valence-electron chi connectivity index (χ2n) is 9.70. The lowest BCUT2D eigenvalue weighted by Crippen LogP contribution is -2.35. The molecule has 0 bridgehead atoms. The summed E-state index contributed by atoms with van der Waals surface area (Å²) in [5, 5.41) is 6.23. The monoisotopic (exact) mass is 720 g/mol. The second-order valence-corrected chi connectivity index (χ2v) is 17.1. The van der Waals surface area contributed by atoms with Gasteiger partial charge in [0.25, 0.3) is 0 Å². The number of carbonyl (C=O) groups is 1. The van der Waals surface area contributed by atoms with Gasteiger partial charge in [-0.1, -0.05) is 69.2 Å². The Labute approximate surface area is 262 Å². The summed E-state index contributed by atoms with van der Waals surface area (Å²) in [5.74, 6) is -0.0120. The summed E-state index contributed by atoms with van der Waals surface area (Å²) in [6.45, 7) is 3.82. The normalized spacial score (nSPS) is 24.6. The Balaban J connectivity index is 1.97. The van der Waals surface area contributed by atoms with E-state index in [0.717, 1.165) is 5.57 Å². The van der Waals surface area contributed by atoms with E-state index in [1.54, 1.807) is 0 Å². The van der Waals surface area contributed by atoms with E-state index >= 15 is 0 Å². The smallest absolute Gasteiger partial charge is 0.365 e. The van der Waals surface area contributed by atoms with Crippen LogP contribution in [0.5, 0.6) is 0 Å². The molecule has 1 heterocycles. The van der Waals surface area contributed by atoms with E-state index in [4.69, 9.17) is 29.3 Å². The number of ether oxygens (including phenoxy) is 2. The molecule has 5 atom stereocenters. The molecule has 22 heteroatoms. The lowest BCUT2D eigenvalue weighted by Gasteiger charge is -2.24. The molecule has 0 aromatic rings. The van der Waals surface area contributed by atoms with Crippen molar-refractivity contribution in [1.82, 2.24) is 5.32 Å². The average molecular weight is 721 g/mol. The molecule has 0 aromatic heterocycles. The van der Waals surface area contributed by atoms with E-state index in [-0.39, 0.29) is 29.6 Å². The first-order valence-electron chi connectivity index (χ1n) is 12.9. The Morgan fingerprint density at radius 3 is 2.55 bits per heavy atom. The molecular weight excluding hydrogens is 685 g/mol. The van der Waals surface area contributed by atoms with Crippen molar-refractivity contribution >= 4 is 51.0 Å². The zero-order valence-electron chi connectivity index (χ0n) is 23.7. The Morgan fingerprint density at radius 2 is 1.84 bits per heavy atom. The lowest BCUT2D eigenvalue weighted by molar-refractivity contribution is -0.121. The zero-order valence-corrected chi connectivity index (χ0v) is 28.0. The fourth-order valence-corrected chi connectivity index (χ4v) is 8.81. The highest BCUT2D eigenvalue weighted by atomic mass is 33.1. The van der Waals surface area contributed by atoms with Crippen molar-refractivity contribution < 1.29 is 60.7 Å². The number of nitrogens with one attached hydrogen (secondary N) is 1. The number of amides is 1. The molecule has 1 saturated heterocycles. The molecule has 2 aliphatic rings. The summed E-state index contributed by atoms with van der Waals surface area (Å²) in [6.07, 6.45) is 11.6. The molecule has 0 saturated carbocycles. The minimum absolute atomic E-state index is 0.151. The van der Waals surface area contributed by atoms with Gasteiger partial charge >= 0.3 is 23.5 Å². The number of hydrogen-bond acceptors (Lipinski definition) is 12. The van der Waals surface area contributed by atoms with Crippen molar-refractivity contribution in [3.8, 4) is 0 Å². The quantitative estimate of drug-likeness (QED) is 0.0228. The molecule has 0 aromatic carbocycles. The number of carbonyl (C=O) groups excluding carboxylic acids is 1. The Morgan fingerprint density at radius 1 is 1.14 bits per heavy atom. The van der Waals surface area contributed by atoms with Gasteiger partial charge in [-0.15, -0.1) is 0 Å². The maximum Gasteiger partial charge on any atom is 0.490 e. The number of phosphoric ester groups is 1. The molecule has 44 heavy (non-hydrogen) atoms. The predicted octanol–water partition coefficient (Wildman–Crippen LogP) is 4.81. The molecule has 1 aliphatic heterocycles. The Hall–Kier alpha value is -1.23. The van der Waals surface area contributed by atoms with Crippen molar-refractivity contribution in [3.63, 3.8) is 0 Å². The van der Waals surface area contributed by atoms with Crippen LogP contribution < -0.4 is 5.32 Å². The van der Waals surface area contributed by atoms with Crippen LogP contribution in [0, 0.1) is 0 Å². The first kappa shape index (κ1) is 39.0. The lowest BCUT2D eigenvalue weighted by atomic mass is 10.0. The molecule has 0 radical (unpaired) electrons. The molecule has 1 fully saturated rings. The molecule has 1 aliphatic carbocycles. The van der Waals surface area contributed by atoms with Gasteiger partial charge in [-0.2, -0.15) is 8.62 Å². The molecule has 3 unspecified atom stereocenters. The van der Waals surface area contributed by atoms with Crippen LogP contribution in [0.4, 0.5) is 0 Å². The minimum atomic E-state index is -5.67. The highest BCUT2D eigenvalue weighted by Crippen LogP contribution is 2.66. The molecule has 248 valence electrons. The van der Waals surface area contributed by atoms with E-state index in [1.165, 1.54) is 21.6 Å². The number of rotatable bonds is 19. The molecule has 5 N–H and O–H groups in total. The summed E-state index contributed by atoms with van der Waals surface area (Å²) in [6, 6.07) is 0. The van der Waals surface area contributed by atoms with Gasteiger partial charge in [0.2, 0.25) is 5.91 Å². The SMILES string of the molecule is CC(C)(CNC(=O)CCCN=[N+]=[N-])SSCOC1C[C@H](C2=C/C=C\C=C/C=C2)O[C@@H]1COP(=O)(O)OP(=O)(O)OP(=O)(O)O. The fourth-order valence-electron chi connectivity index (χ4n) is 3.60. The van der Waals surface area contributed by atoms with Crippen LogP contribution in [0.15, 0.2) is 53.2 Å². The largest absolute Gasteiger partial charge is 0.490 e. The Bertz CT molecular complexity index is 1300. The summed E-state index contributed by atoms with van der Waals surface area (Å²) in [5.41, 5.74) is 9.07. The summed E-state index contributed by atoms with van der Waals surface area (Å²) in [7, 11) is -13.7. The third-order valence-corrected chi connectivity index (χ3v) is 12.2. The van der Waals surface area contributed by atoms with Gasteiger partial charge in [0, 0.05) is 35.6 Å². The molecule has 2 rings (SSSR count). The van der Waals surface area contributed by atoms with E-state index in [9.17, 15) is 28.3 Å². The van der Waals surface area contributed by atoms with Gasteiger partial charge in [-0.25, -0.2) is 13.7 Å². The topological polar surface area (TPSA) is 256 Å². The predicted molar refractivity (Wildman–Crippen MR) is 164 cm³/mol. The van der Waals surface area contributed by atoms with Crippen LogP contribution in [0.1, 0.15) is 33.1 Å². The van der Waals surface area contributed by atoms with Crippen molar-refractivity contribution in [1.29, 1.82) is 0 Å². The van der Waals surface area contributed by atoms with Gasteiger partial charge in [0.15, 0.2) is 0 Å². The second kappa shape index (κ2) is 18.2. The minimum Gasteiger partial charge on any atom is -0.365 e. The first-order valence-corrected chi connectivity index (χ1v) is 19.7. The molecule has 0 spiro atoms. The van der Waals surface area contributed by atoms with Crippen LogP contribution in [0.25, 0.3) is 10.4 Å². The third-order valence-electron chi connectivity index (χ3n) is 5.46. The van der Waals surface area contributed by atoms with Gasteiger partial charge in [-0.05, 0) is 31.4 Å². The third kappa shape index (κ3) is 16.4. The van der Waals surface area contributed by atoms with Crippen LogP contribution in [0.2, 0.25) is 0 Å². The maximum atomic E-state index is 12.3. The van der Waals surface area contributed by atoms with Gasteiger partial charge < -0.3 is 34.4 Å². The van der Waals surface area contributed by atoms with Crippen molar-refractivity contribution in [2.75, 3.05) is 25.6 Å². The van der Waals surface area contributed by atoms with Crippen molar-refractivity contribution in [2.45, 2.75) is 56.2 Å². The van der Waals surface area contributed by atoms with Crippen molar-refractivity contribution in [2.24, 2.45) is 5.11 Å². The summed E-state index contributed by atoms with van der Waals surface area (Å²) < 4.78 is 58.8. The van der Waals surface area contributed by atoms with Gasteiger partial charge in [0.1, 0.15) is 12.0 Å². The highest BCUT2D eigenvalue weighted by molar-refractivity contribution is 8.77. The number of hydrogen-bond donors (Lipinski definition) is 5. The zero-order chi connectivity index (χ0) is 32.9. The number of azide groups is 1. The van der Waals surface area contributed by atoms with Crippen LogP contribution in [-0.4, -0.2) is 74.2 Å². The summed E-state index contributed by atoms with van der Waals surface area (Å²) >= 11 is 0. The standard InChI is InChI=1S/C22H35N4O13P3S2/c1-22(2,15-24-21(27)11-8-12-25-26-23)44-43-16-35-19-13-18(17-9-6-4-3-5-7-10-17)37-20(19)14-36-41(31,32)39-42(33,34)38-40(28,29)30/h3-7,9-10,18-20H,8,11-16H2,1-2H3,(H,24,27)(H,31,32)(H,33,34)(H2,28,29,30)/b4-3-,5-3?,6-4?,7-5-,9-6?,10-7?,17-9?,17-10?/t18-,19?,20-/m1/s1.